The Kier molecular flexibility index (Phi) is 6.63. The summed E-state index contributed by atoms with van der Waals surface area (Å²) in [6, 6.07) is 16.0. The second-order valence-corrected chi connectivity index (χ2v) is 8.90. The monoisotopic (exact) mass is 460 g/mol. The number of nitro groups is 1. The first kappa shape index (κ1) is 23.4. The molecule has 2 aromatic rings. The molecule has 0 aromatic heterocycles. The molecule has 0 saturated carbocycles. The van der Waals surface area contributed by atoms with Crippen LogP contribution in [-0.2, 0) is 14.3 Å². The maximum atomic E-state index is 13.5. The third-order valence-electron chi connectivity index (χ3n) is 6.64. The molecule has 0 bridgehead atoms. The molecule has 7 heteroatoms. The number of carbonyl (C=O) groups is 2. The third-order valence-corrected chi connectivity index (χ3v) is 6.64. The number of rotatable bonds is 6. The van der Waals surface area contributed by atoms with Crippen molar-refractivity contribution in [3.05, 3.63) is 98.4 Å². The predicted octanol–water partition coefficient (Wildman–Crippen LogP) is 5.30. The second kappa shape index (κ2) is 9.63. The molecule has 1 aliphatic carbocycles. The first-order valence-corrected chi connectivity index (χ1v) is 11.5. The van der Waals surface area contributed by atoms with Crippen LogP contribution in [0, 0.1) is 10.1 Å². The fourth-order valence-electron chi connectivity index (χ4n) is 4.72. The van der Waals surface area contributed by atoms with Gasteiger partial charge in [-0.2, -0.15) is 0 Å². The van der Waals surface area contributed by atoms with E-state index in [1.165, 1.54) is 12.1 Å². The molecule has 34 heavy (non-hydrogen) atoms. The maximum absolute atomic E-state index is 13.5. The number of esters is 1. The zero-order valence-electron chi connectivity index (χ0n) is 19.5. The SMILES string of the molecule is CC[C@H](C)OC(=O)C1=C(C)NC2=C(C(=O)C[C@H](c3ccccc3)C2)[C@H]1c1ccc([N+](=O)[O-])cc1. The predicted molar refractivity (Wildman–Crippen MR) is 128 cm³/mol. The van der Waals surface area contributed by atoms with E-state index in [0.717, 1.165) is 11.3 Å². The summed E-state index contributed by atoms with van der Waals surface area (Å²) in [6.07, 6.45) is 1.37. The minimum absolute atomic E-state index is 0.0349. The third kappa shape index (κ3) is 4.51. The average Bonchev–Trinajstić information content (AvgIpc) is 2.83. The van der Waals surface area contributed by atoms with Crippen molar-refractivity contribution in [2.24, 2.45) is 0 Å². The Balaban J connectivity index is 1.79. The lowest BCUT2D eigenvalue weighted by molar-refractivity contribution is -0.384. The number of allylic oxidation sites excluding steroid dienone is 3. The first-order valence-electron chi connectivity index (χ1n) is 11.5. The van der Waals surface area contributed by atoms with Crippen LogP contribution >= 0.6 is 0 Å². The van der Waals surface area contributed by atoms with Gasteiger partial charge in [0.2, 0.25) is 0 Å². The number of nitrogens with zero attached hydrogens (tertiary/aromatic N) is 1. The van der Waals surface area contributed by atoms with Crippen LogP contribution in [0.2, 0.25) is 0 Å². The van der Waals surface area contributed by atoms with Crippen molar-refractivity contribution in [2.45, 2.75) is 58.0 Å². The quantitative estimate of drug-likeness (QED) is 0.357. The van der Waals surface area contributed by atoms with Crippen LogP contribution in [-0.4, -0.2) is 22.8 Å². The van der Waals surface area contributed by atoms with Gasteiger partial charge < -0.3 is 10.1 Å². The molecule has 7 nitrogen and oxygen atoms in total. The summed E-state index contributed by atoms with van der Waals surface area (Å²) >= 11 is 0. The molecule has 0 unspecified atom stereocenters. The minimum atomic E-state index is -0.641. The van der Waals surface area contributed by atoms with Gasteiger partial charge in [0.05, 0.1) is 16.6 Å². The van der Waals surface area contributed by atoms with Crippen LogP contribution in [0.3, 0.4) is 0 Å². The first-order chi connectivity index (χ1) is 16.3. The Bertz CT molecular complexity index is 1180. The fraction of sp³-hybridized carbons (Fsp3) is 0.333. The highest BCUT2D eigenvalue weighted by atomic mass is 16.6. The largest absolute Gasteiger partial charge is 0.459 e. The van der Waals surface area contributed by atoms with Crippen molar-refractivity contribution in [3.63, 3.8) is 0 Å². The molecule has 0 spiro atoms. The standard InChI is InChI=1S/C27H28N2O5/c1-4-16(2)34-27(31)24-17(3)28-22-14-20(18-8-6-5-7-9-18)15-23(30)26(22)25(24)19-10-12-21(13-11-19)29(32)33/h5-13,16,20,25,28H,4,14-15H2,1-3H3/t16-,20+,25-/m0/s1. The Morgan fingerprint density at radius 3 is 2.41 bits per heavy atom. The van der Waals surface area contributed by atoms with Gasteiger partial charge in [0.1, 0.15) is 0 Å². The van der Waals surface area contributed by atoms with Crippen molar-refractivity contribution in [3.8, 4) is 0 Å². The zero-order valence-corrected chi connectivity index (χ0v) is 19.5. The van der Waals surface area contributed by atoms with E-state index < -0.39 is 16.8 Å². The molecule has 1 aliphatic heterocycles. The second-order valence-electron chi connectivity index (χ2n) is 8.90. The van der Waals surface area contributed by atoms with E-state index in [-0.39, 0.29) is 23.5 Å². The highest BCUT2D eigenvalue weighted by molar-refractivity contribution is 6.04. The molecule has 1 heterocycles. The highest BCUT2D eigenvalue weighted by Crippen LogP contribution is 2.46. The van der Waals surface area contributed by atoms with Gasteiger partial charge in [-0.3, -0.25) is 14.9 Å². The summed E-state index contributed by atoms with van der Waals surface area (Å²) in [5.74, 6) is -1.11. The number of ketones is 1. The maximum Gasteiger partial charge on any atom is 0.337 e. The normalized spacial score (nSPS) is 21.0. The number of hydrogen-bond donors (Lipinski definition) is 1. The summed E-state index contributed by atoms with van der Waals surface area (Å²) in [7, 11) is 0. The van der Waals surface area contributed by atoms with Crippen LogP contribution in [0.1, 0.15) is 63.0 Å². The molecule has 4 rings (SSSR count). The Hall–Kier alpha value is -3.74. The van der Waals surface area contributed by atoms with Gasteiger partial charge in [-0.05, 0) is 43.7 Å². The Morgan fingerprint density at radius 1 is 1.12 bits per heavy atom. The van der Waals surface area contributed by atoms with E-state index in [2.05, 4.69) is 5.32 Å². The van der Waals surface area contributed by atoms with Crippen LogP contribution in [0.25, 0.3) is 0 Å². The molecule has 176 valence electrons. The van der Waals surface area contributed by atoms with Gasteiger partial charge in [-0.25, -0.2) is 4.79 Å². The van der Waals surface area contributed by atoms with E-state index in [1.807, 2.05) is 51.1 Å². The Morgan fingerprint density at radius 2 is 1.79 bits per heavy atom. The molecule has 2 aromatic carbocycles. The lowest BCUT2D eigenvalue weighted by atomic mass is 9.71. The van der Waals surface area contributed by atoms with Gasteiger partial charge in [0.25, 0.3) is 5.69 Å². The van der Waals surface area contributed by atoms with E-state index in [4.69, 9.17) is 4.74 Å². The van der Waals surface area contributed by atoms with Gasteiger partial charge in [0, 0.05) is 41.4 Å². The Labute approximate surface area is 198 Å². The van der Waals surface area contributed by atoms with Crippen LogP contribution in [0.15, 0.2) is 77.1 Å². The number of Topliss-reactive ketones (excluding diaryl/α,β-unsaturated/α-hetero) is 1. The lowest BCUT2D eigenvalue weighted by Crippen LogP contribution is -2.36. The number of benzene rings is 2. The molecule has 1 N–H and O–H groups in total. The number of nitrogens with one attached hydrogen (secondary N) is 1. The summed E-state index contributed by atoms with van der Waals surface area (Å²) < 4.78 is 5.65. The molecule has 0 fully saturated rings. The summed E-state index contributed by atoms with van der Waals surface area (Å²) in [5.41, 5.74) is 4.06. The van der Waals surface area contributed by atoms with E-state index in [1.54, 1.807) is 12.1 Å². The summed E-state index contributed by atoms with van der Waals surface area (Å²) in [4.78, 5) is 37.5. The fourth-order valence-corrected chi connectivity index (χ4v) is 4.72. The minimum Gasteiger partial charge on any atom is -0.459 e. The molecular formula is C27H28N2O5. The number of dihydropyridines is 1. The number of non-ortho nitro benzene ring substituents is 1. The average molecular weight is 461 g/mol. The molecular weight excluding hydrogens is 432 g/mol. The smallest absolute Gasteiger partial charge is 0.337 e. The molecule has 0 radical (unpaired) electrons. The van der Waals surface area contributed by atoms with Gasteiger partial charge >= 0.3 is 5.97 Å². The summed E-state index contributed by atoms with van der Waals surface area (Å²) in [6.45, 7) is 5.57. The van der Waals surface area contributed by atoms with Gasteiger partial charge in [0.15, 0.2) is 5.78 Å². The number of carbonyl (C=O) groups excluding carboxylic acids is 2. The van der Waals surface area contributed by atoms with E-state index in [0.29, 0.717) is 41.7 Å². The highest BCUT2D eigenvalue weighted by Gasteiger charge is 2.41. The molecule has 0 saturated heterocycles. The lowest BCUT2D eigenvalue weighted by Gasteiger charge is -2.37. The molecule has 2 aliphatic rings. The number of hydrogen-bond acceptors (Lipinski definition) is 6. The van der Waals surface area contributed by atoms with E-state index in [9.17, 15) is 19.7 Å². The van der Waals surface area contributed by atoms with Gasteiger partial charge in [-0.1, -0.05) is 49.4 Å². The van der Waals surface area contributed by atoms with E-state index >= 15 is 0 Å². The van der Waals surface area contributed by atoms with Crippen LogP contribution in [0.4, 0.5) is 5.69 Å². The van der Waals surface area contributed by atoms with Crippen molar-refractivity contribution >= 4 is 17.4 Å². The number of ether oxygens (including phenoxy) is 1. The van der Waals surface area contributed by atoms with Crippen molar-refractivity contribution < 1.29 is 19.2 Å². The van der Waals surface area contributed by atoms with Gasteiger partial charge in [-0.15, -0.1) is 0 Å². The van der Waals surface area contributed by atoms with Crippen molar-refractivity contribution in [1.29, 1.82) is 0 Å². The topological polar surface area (TPSA) is 98.5 Å². The van der Waals surface area contributed by atoms with Crippen LogP contribution < -0.4 is 5.32 Å². The number of nitro benzene ring substituents is 1. The zero-order chi connectivity index (χ0) is 24.4. The molecule has 0 amide bonds. The summed E-state index contributed by atoms with van der Waals surface area (Å²) in [5, 5.41) is 14.5. The molecule has 3 atom stereocenters. The van der Waals surface area contributed by atoms with Crippen molar-refractivity contribution in [1.82, 2.24) is 5.32 Å². The van der Waals surface area contributed by atoms with Crippen LogP contribution in [0.5, 0.6) is 0 Å². The van der Waals surface area contributed by atoms with Crippen molar-refractivity contribution in [2.75, 3.05) is 0 Å².